The number of benzene rings is 4. The van der Waals surface area contributed by atoms with E-state index in [0.29, 0.717) is 0 Å². The first-order valence-electron chi connectivity index (χ1n) is 11.8. The molecule has 2 aliphatic carbocycles. The van der Waals surface area contributed by atoms with E-state index in [0.717, 1.165) is 4.90 Å². The predicted octanol–water partition coefficient (Wildman–Crippen LogP) is 7.60. The Morgan fingerprint density at radius 2 is 1.09 bits per heavy atom. The summed E-state index contributed by atoms with van der Waals surface area (Å²) in [5, 5.41) is 10.6. The first-order valence-corrected chi connectivity index (χ1v) is 12.5. The van der Waals surface area contributed by atoms with E-state index in [9.17, 15) is 5.11 Å². The second-order valence-corrected chi connectivity index (χ2v) is 11.1. The van der Waals surface area contributed by atoms with Crippen LogP contribution < -0.4 is 0 Å². The molecule has 0 bridgehead atoms. The summed E-state index contributed by atoms with van der Waals surface area (Å²) < 4.78 is 6.28. The highest BCUT2D eigenvalue weighted by atomic mass is 32.2. The third kappa shape index (κ3) is 2.78. The highest BCUT2D eigenvalue weighted by molar-refractivity contribution is 7.94. The molecule has 0 atom stereocenters. The first-order chi connectivity index (χ1) is 16.3. The van der Waals surface area contributed by atoms with Crippen molar-refractivity contribution in [1.29, 1.82) is 0 Å². The summed E-state index contributed by atoms with van der Waals surface area (Å²) in [5.41, 5.74) is 8.32. The van der Waals surface area contributed by atoms with Gasteiger partial charge in [0.15, 0.2) is 0 Å². The average Bonchev–Trinajstić information content (AvgIpc) is 3.30. The van der Waals surface area contributed by atoms with Crippen LogP contribution in [0.4, 0.5) is 0 Å². The molecular weight excluding hydrogens is 436 g/mol. The van der Waals surface area contributed by atoms with Crippen molar-refractivity contribution in [2.75, 3.05) is 0 Å². The second kappa shape index (κ2) is 7.32. The predicted molar refractivity (Wildman–Crippen MR) is 140 cm³/mol. The minimum Gasteiger partial charge on any atom is -0.387 e. The van der Waals surface area contributed by atoms with Crippen LogP contribution >= 0.6 is 12.0 Å². The Morgan fingerprint density at radius 1 is 0.618 bits per heavy atom. The van der Waals surface area contributed by atoms with Crippen molar-refractivity contribution < 1.29 is 9.29 Å². The standard InChI is InChI=1S/C31H28O2S/c1-29(2,32)30(3,4)33-34-27-19-11-18-26-28(27)22-14-7-10-17-25(22)31(26)23-15-8-5-12-20(23)21-13-6-9-16-24(21)31/h5-19,32H,1-4H3. The smallest absolute Gasteiger partial charge is 0.106 e. The van der Waals surface area contributed by atoms with Gasteiger partial charge < -0.3 is 9.29 Å². The number of hydrogen-bond donors (Lipinski definition) is 1. The molecule has 0 heterocycles. The second-order valence-electron chi connectivity index (χ2n) is 10.3. The quantitative estimate of drug-likeness (QED) is 0.272. The van der Waals surface area contributed by atoms with Crippen LogP contribution in [0, 0.1) is 0 Å². The molecule has 2 nitrogen and oxygen atoms in total. The molecule has 0 saturated carbocycles. The van der Waals surface area contributed by atoms with Crippen LogP contribution in [0.5, 0.6) is 0 Å². The van der Waals surface area contributed by atoms with E-state index in [1.54, 1.807) is 13.8 Å². The Bertz CT molecular complexity index is 1380. The monoisotopic (exact) mass is 464 g/mol. The van der Waals surface area contributed by atoms with E-state index in [4.69, 9.17) is 4.18 Å². The zero-order valence-corrected chi connectivity index (χ0v) is 20.7. The molecule has 0 aliphatic heterocycles. The highest BCUT2D eigenvalue weighted by Gasteiger charge is 2.52. The molecule has 1 spiro atoms. The van der Waals surface area contributed by atoms with Crippen LogP contribution in [0.2, 0.25) is 0 Å². The average molecular weight is 465 g/mol. The minimum atomic E-state index is -0.972. The molecule has 0 saturated heterocycles. The molecule has 170 valence electrons. The summed E-state index contributed by atoms with van der Waals surface area (Å²) in [6.45, 7) is 7.45. The van der Waals surface area contributed by atoms with Crippen LogP contribution in [-0.4, -0.2) is 16.3 Å². The van der Waals surface area contributed by atoms with Gasteiger partial charge in [-0.3, -0.25) is 0 Å². The third-order valence-electron chi connectivity index (χ3n) is 7.80. The summed E-state index contributed by atoms with van der Waals surface area (Å²) in [4.78, 5) is 1.07. The maximum absolute atomic E-state index is 10.6. The van der Waals surface area contributed by atoms with Gasteiger partial charge >= 0.3 is 0 Å². The lowest BCUT2D eigenvalue weighted by Crippen LogP contribution is -2.45. The van der Waals surface area contributed by atoms with E-state index in [1.807, 2.05) is 13.8 Å². The Balaban J connectivity index is 1.62. The van der Waals surface area contributed by atoms with Crippen molar-refractivity contribution in [3.63, 3.8) is 0 Å². The summed E-state index contributed by atoms with van der Waals surface area (Å²) in [6, 6.07) is 33.0. The minimum absolute atomic E-state index is 0.346. The summed E-state index contributed by atoms with van der Waals surface area (Å²) in [7, 11) is 0. The van der Waals surface area contributed by atoms with Gasteiger partial charge in [0, 0.05) is 22.5 Å². The lowest BCUT2D eigenvalue weighted by molar-refractivity contribution is -0.0813. The maximum atomic E-state index is 10.6. The number of hydrogen-bond acceptors (Lipinski definition) is 3. The van der Waals surface area contributed by atoms with Crippen LogP contribution in [0.25, 0.3) is 22.3 Å². The fourth-order valence-corrected chi connectivity index (χ4v) is 6.37. The van der Waals surface area contributed by atoms with Gasteiger partial charge in [-0.1, -0.05) is 84.9 Å². The largest absolute Gasteiger partial charge is 0.387 e. The molecule has 0 radical (unpaired) electrons. The molecule has 0 amide bonds. The van der Waals surface area contributed by atoms with Gasteiger partial charge in [-0.05, 0) is 72.7 Å². The molecule has 1 N–H and O–H groups in total. The molecular formula is C31H28O2S. The fraction of sp³-hybridized carbons (Fsp3) is 0.226. The van der Waals surface area contributed by atoms with E-state index < -0.39 is 11.2 Å². The highest BCUT2D eigenvalue weighted by Crippen LogP contribution is 2.63. The SMILES string of the molecule is CC(C)(O)C(C)(C)OSc1cccc2c1-c1ccccc1C21c2ccccc2-c2ccccc21. The van der Waals surface area contributed by atoms with Gasteiger partial charge in [-0.15, -0.1) is 0 Å². The van der Waals surface area contributed by atoms with Crippen molar-refractivity contribution >= 4 is 12.0 Å². The zero-order valence-electron chi connectivity index (χ0n) is 19.9. The normalized spacial score (nSPS) is 15.1. The van der Waals surface area contributed by atoms with Crippen LogP contribution in [0.15, 0.2) is 95.9 Å². The Hall–Kier alpha value is -2.85. The first kappa shape index (κ1) is 21.7. The Kier molecular flexibility index (Phi) is 4.67. The summed E-state index contributed by atoms with van der Waals surface area (Å²) in [6.07, 6.45) is 0. The lowest BCUT2D eigenvalue weighted by Gasteiger charge is -2.36. The number of fused-ring (bicyclic) bond motifs is 10. The van der Waals surface area contributed by atoms with Gasteiger partial charge in [0.25, 0.3) is 0 Å². The van der Waals surface area contributed by atoms with Crippen molar-refractivity contribution in [2.45, 2.75) is 49.2 Å². The van der Waals surface area contributed by atoms with Gasteiger partial charge in [0.05, 0.1) is 11.0 Å². The zero-order chi connectivity index (χ0) is 23.7. The van der Waals surface area contributed by atoms with E-state index >= 15 is 0 Å². The molecule has 0 aromatic heterocycles. The van der Waals surface area contributed by atoms with E-state index in [1.165, 1.54) is 56.6 Å². The maximum Gasteiger partial charge on any atom is 0.106 e. The molecule has 4 aromatic rings. The third-order valence-corrected chi connectivity index (χ3v) is 8.82. The molecule has 34 heavy (non-hydrogen) atoms. The molecule has 2 aliphatic rings. The summed E-state index contributed by atoms with van der Waals surface area (Å²) >= 11 is 1.37. The van der Waals surface area contributed by atoms with Crippen LogP contribution in [0.1, 0.15) is 49.9 Å². The van der Waals surface area contributed by atoms with Gasteiger partial charge in [-0.2, -0.15) is 0 Å². The molecule has 0 fully saturated rings. The van der Waals surface area contributed by atoms with E-state index in [-0.39, 0.29) is 5.41 Å². The van der Waals surface area contributed by atoms with Gasteiger partial charge in [0.2, 0.25) is 0 Å². The number of aliphatic hydroxyl groups is 1. The Labute approximate surface area is 205 Å². The summed E-state index contributed by atoms with van der Waals surface area (Å²) in [5.74, 6) is 0. The molecule has 6 rings (SSSR count). The fourth-order valence-electron chi connectivity index (χ4n) is 5.43. The lowest BCUT2D eigenvalue weighted by atomic mass is 9.70. The van der Waals surface area contributed by atoms with Crippen molar-refractivity contribution in [1.82, 2.24) is 0 Å². The molecule has 4 aromatic carbocycles. The van der Waals surface area contributed by atoms with Gasteiger partial charge in [-0.25, -0.2) is 0 Å². The molecule has 0 unspecified atom stereocenters. The van der Waals surface area contributed by atoms with Crippen molar-refractivity contribution in [3.8, 4) is 22.3 Å². The van der Waals surface area contributed by atoms with Crippen molar-refractivity contribution in [2.24, 2.45) is 0 Å². The van der Waals surface area contributed by atoms with Crippen molar-refractivity contribution in [3.05, 3.63) is 113 Å². The topological polar surface area (TPSA) is 29.5 Å². The van der Waals surface area contributed by atoms with Crippen LogP contribution in [0.3, 0.4) is 0 Å². The number of rotatable bonds is 4. The van der Waals surface area contributed by atoms with Crippen LogP contribution in [-0.2, 0) is 9.60 Å². The molecule has 3 heteroatoms. The Morgan fingerprint density at radius 3 is 1.65 bits per heavy atom. The van der Waals surface area contributed by atoms with Gasteiger partial charge in [0.1, 0.15) is 5.60 Å². The van der Waals surface area contributed by atoms with E-state index in [2.05, 4.69) is 91.0 Å².